The summed E-state index contributed by atoms with van der Waals surface area (Å²) in [4.78, 5) is 0. The van der Waals surface area contributed by atoms with Crippen molar-refractivity contribution in [3.63, 3.8) is 0 Å². The summed E-state index contributed by atoms with van der Waals surface area (Å²) in [6.45, 7) is 2.96. The van der Waals surface area contributed by atoms with E-state index in [1.165, 1.54) is 25.7 Å². The third kappa shape index (κ3) is 3.97. The lowest BCUT2D eigenvalue weighted by Gasteiger charge is -2.38. The second-order valence-electron chi connectivity index (χ2n) is 7.03. The fraction of sp³-hybridized carbons (Fsp3) is 1.00. The zero-order valence-corrected chi connectivity index (χ0v) is 13.9. The van der Waals surface area contributed by atoms with Gasteiger partial charge in [0.05, 0.1) is 0 Å². The van der Waals surface area contributed by atoms with Gasteiger partial charge in [0.2, 0.25) is 0 Å². The van der Waals surface area contributed by atoms with Crippen LogP contribution in [-0.2, 0) is 10.2 Å². The molecule has 3 rings (SSSR count). The topological polar surface area (TPSA) is 52.7 Å². The van der Waals surface area contributed by atoms with Gasteiger partial charge >= 0.3 is 0 Å². The van der Waals surface area contributed by atoms with Gasteiger partial charge in [-0.3, -0.25) is 0 Å². The number of rotatable bonds is 8. The average molecular weight is 315 g/mol. The standard InChI is InChI=1S/C15H29N3O2S/c1-16-10-15-4-2-3-9-18(15)21(19,20)17(11-13-5-6-13)12-14-7-8-14/h13-16H,2-12H2,1H3. The number of likely N-dealkylation sites (N-methyl/N-ethyl adjacent to an activating group) is 1. The van der Waals surface area contributed by atoms with Gasteiger partial charge in [-0.1, -0.05) is 6.42 Å². The van der Waals surface area contributed by atoms with Crippen molar-refractivity contribution >= 4 is 10.2 Å². The van der Waals surface area contributed by atoms with Crippen LogP contribution in [0, 0.1) is 11.8 Å². The van der Waals surface area contributed by atoms with Gasteiger partial charge < -0.3 is 5.32 Å². The maximum absolute atomic E-state index is 13.1. The Hall–Kier alpha value is -0.170. The fourth-order valence-corrected chi connectivity index (χ4v) is 5.32. The minimum absolute atomic E-state index is 0.134. The van der Waals surface area contributed by atoms with Crippen LogP contribution in [0.3, 0.4) is 0 Å². The van der Waals surface area contributed by atoms with Crippen LogP contribution >= 0.6 is 0 Å². The summed E-state index contributed by atoms with van der Waals surface area (Å²) < 4.78 is 29.8. The van der Waals surface area contributed by atoms with Gasteiger partial charge in [-0.25, -0.2) is 0 Å². The molecular weight excluding hydrogens is 286 g/mol. The zero-order chi connectivity index (χ0) is 14.9. The molecule has 0 bridgehead atoms. The molecule has 5 nitrogen and oxygen atoms in total. The highest BCUT2D eigenvalue weighted by atomic mass is 32.2. The first kappa shape index (κ1) is 15.7. The number of nitrogens with one attached hydrogen (secondary N) is 1. The third-order valence-corrected chi connectivity index (χ3v) is 6.98. The first-order chi connectivity index (χ1) is 10.1. The molecule has 122 valence electrons. The minimum atomic E-state index is -3.28. The maximum atomic E-state index is 13.1. The number of hydrogen-bond acceptors (Lipinski definition) is 3. The minimum Gasteiger partial charge on any atom is -0.318 e. The summed E-state index contributed by atoms with van der Waals surface area (Å²) in [7, 11) is -1.37. The van der Waals surface area contributed by atoms with E-state index in [2.05, 4.69) is 5.32 Å². The van der Waals surface area contributed by atoms with E-state index in [1.54, 1.807) is 4.31 Å². The molecule has 0 radical (unpaired) electrons. The highest BCUT2D eigenvalue weighted by Gasteiger charge is 2.40. The Balaban J connectivity index is 1.73. The number of hydrogen-bond donors (Lipinski definition) is 1. The van der Waals surface area contributed by atoms with Gasteiger partial charge in [0.1, 0.15) is 0 Å². The molecule has 1 atom stereocenters. The molecule has 2 aliphatic carbocycles. The molecule has 0 aromatic carbocycles. The Bertz CT molecular complexity index is 430. The van der Waals surface area contributed by atoms with Crippen LogP contribution < -0.4 is 5.32 Å². The smallest absolute Gasteiger partial charge is 0.282 e. The molecule has 3 aliphatic rings. The molecule has 0 aromatic rings. The lowest BCUT2D eigenvalue weighted by atomic mass is 10.1. The highest BCUT2D eigenvalue weighted by molar-refractivity contribution is 7.86. The summed E-state index contributed by atoms with van der Waals surface area (Å²) in [6.07, 6.45) is 7.95. The highest BCUT2D eigenvalue weighted by Crippen LogP contribution is 2.36. The number of piperidine rings is 1. The van der Waals surface area contributed by atoms with Crippen LogP contribution in [0.5, 0.6) is 0 Å². The first-order valence-electron chi connectivity index (χ1n) is 8.52. The Labute approximate surface area is 129 Å². The predicted octanol–water partition coefficient (Wildman–Crippen LogP) is 1.43. The van der Waals surface area contributed by atoms with Crippen LogP contribution in [0.1, 0.15) is 44.9 Å². The second-order valence-corrected chi connectivity index (χ2v) is 8.91. The molecule has 1 aliphatic heterocycles. The monoisotopic (exact) mass is 315 g/mol. The van der Waals surface area contributed by atoms with Crippen molar-refractivity contribution < 1.29 is 8.42 Å². The van der Waals surface area contributed by atoms with Crippen LogP contribution in [0.15, 0.2) is 0 Å². The lowest BCUT2D eigenvalue weighted by Crippen LogP contribution is -2.54. The molecule has 1 saturated heterocycles. The molecule has 1 unspecified atom stereocenters. The molecular formula is C15H29N3O2S. The van der Waals surface area contributed by atoms with E-state index in [-0.39, 0.29) is 6.04 Å². The first-order valence-corrected chi connectivity index (χ1v) is 9.92. The van der Waals surface area contributed by atoms with Crippen molar-refractivity contribution in [3.05, 3.63) is 0 Å². The van der Waals surface area contributed by atoms with Gasteiger partial charge in [0.15, 0.2) is 0 Å². The van der Waals surface area contributed by atoms with Crippen LogP contribution in [0.4, 0.5) is 0 Å². The largest absolute Gasteiger partial charge is 0.318 e. The van der Waals surface area contributed by atoms with E-state index in [0.717, 1.165) is 38.9 Å². The summed E-state index contributed by atoms with van der Waals surface area (Å²) in [5.74, 6) is 1.23. The zero-order valence-electron chi connectivity index (χ0n) is 13.1. The summed E-state index contributed by atoms with van der Waals surface area (Å²) in [5.41, 5.74) is 0. The average Bonchev–Trinajstić information content (AvgIpc) is 3.34. The Morgan fingerprint density at radius 1 is 1.05 bits per heavy atom. The maximum Gasteiger partial charge on any atom is 0.282 e. The molecule has 1 heterocycles. The quantitative estimate of drug-likeness (QED) is 0.737. The Kier molecular flexibility index (Phi) is 4.88. The van der Waals surface area contributed by atoms with E-state index in [0.29, 0.717) is 18.4 Å². The van der Waals surface area contributed by atoms with Crippen LogP contribution in [0.2, 0.25) is 0 Å². The summed E-state index contributed by atoms with van der Waals surface area (Å²) in [5, 5.41) is 3.16. The van der Waals surface area contributed by atoms with E-state index in [1.807, 2.05) is 11.4 Å². The summed E-state index contributed by atoms with van der Waals surface area (Å²) in [6, 6.07) is 0.134. The van der Waals surface area contributed by atoms with E-state index >= 15 is 0 Å². The Morgan fingerprint density at radius 3 is 2.19 bits per heavy atom. The van der Waals surface area contributed by atoms with Crippen molar-refractivity contribution in [2.45, 2.75) is 51.0 Å². The van der Waals surface area contributed by atoms with Crippen molar-refractivity contribution in [3.8, 4) is 0 Å². The van der Waals surface area contributed by atoms with Crippen LogP contribution in [0.25, 0.3) is 0 Å². The van der Waals surface area contributed by atoms with E-state index < -0.39 is 10.2 Å². The van der Waals surface area contributed by atoms with Crippen LogP contribution in [-0.4, -0.2) is 56.3 Å². The van der Waals surface area contributed by atoms with E-state index in [9.17, 15) is 8.42 Å². The van der Waals surface area contributed by atoms with Crippen molar-refractivity contribution in [2.75, 3.05) is 33.2 Å². The lowest BCUT2D eigenvalue weighted by molar-refractivity contribution is 0.225. The fourth-order valence-electron chi connectivity index (χ4n) is 3.31. The van der Waals surface area contributed by atoms with Gasteiger partial charge in [0, 0.05) is 32.2 Å². The van der Waals surface area contributed by atoms with Gasteiger partial charge in [0.25, 0.3) is 10.2 Å². The number of nitrogens with zero attached hydrogens (tertiary/aromatic N) is 2. The predicted molar refractivity (Wildman–Crippen MR) is 84.2 cm³/mol. The summed E-state index contributed by atoms with van der Waals surface area (Å²) >= 11 is 0. The third-order valence-electron chi connectivity index (χ3n) is 4.95. The molecule has 0 amide bonds. The normalized spacial score (nSPS) is 28.2. The molecule has 2 saturated carbocycles. The van der Waals surface area contributed by atoms with E-state index in [4.69, 9.17) is 0 Å². The molecule has 21 heavy (non-hydrogen) atoms. The molecule has 6 heteroatoms. The van der Waals surface area contributed by atoms with Crippen molar-refractivity contribution in [1.82, 2.24) is 13.9 Å². The van der Waals surface area contributed by atoms with Crippen molar-refractivity contribution in [2.24, 2.45) is 11.8 Å². The Morgan fingerprint density at radius 2 is 1.67 bits per heavy atom. The van der Waals surface area contributed by atoms with Gasteiger partial charge in [-0.05, 0) is 57.4 Å². The van der Waals surface area contributed by atoms with Gasteiger partial charge in [-0.2, -0.15) is 17.0 Å². The van der Waals surface area contributed by atoms with Crippen molar-refractivity contribution in [1.29, 1.82) is 0 Å². The second kappa shape index (κ2) is 6.52. The molecule has 1 N–H and O–H groups in total. The van der Waals surface area contributed by atoms with Gasteiger partial charge in [-0.15, -0.1) is 0 Å². The molecule has 0 aromatic heterocycles. The molecule has 0 spiro atoms. The SMILES string of the molecule is CNCC1CCCCN1S(=O)(=O)N(CC1CC1)CC1CC1. The molecule has 3 fully saturated rings.